The van der Waals surface area contributed by atoms with Crippen LogP contribution in [0.15, 0.2) is 18.2 Å². The number of aliphatic hydroxyl groups excluding tert-OH is 2. The number of rotatable bonds is 3. The van der Waals surface area contributed by atoms with Gasteiger partial charge in [0.15, 0.2) is 0 Å². The molecule has 2 atom stereocenters. The summed E-state index contributed by atoms with van der Waals surface area (Å²) >= 11 is 0. The summed E-state index contributed by atoms with van der Waals surface area (Å²) in [6.45, 7) is 0. The fraction of sp³-hybridized carbons (Fsp3) is 0.300. The van der Waals surface area contributed by atoms with Gasteiger partial charge in [-0.3, -0.25) is 0 Å². The van der Waals surface area contributed by atoms with Crippen LogP contribution in [0.5, 0.6) is 0 Å². The zero-order chi connectivity index (χ0) is 11.4. The Morgan fingerprint density at radius 3 is 2.27 bits per heavy atom. The first kappa shape index (κ1) is 11.6. The van der Waals surface area contributed by atoms with Crippen LogP contribution in [-0.2, 0) is 0 Å². The second-order valence-corrected chi connectivity index (χ2v) is 3.01. The fourth-order valence-corrected chi connectivity index (χ4v) is 1.19. The lowest BCUT2D eigenvalue weighted by Gasteiger charge is -2.16. The number of aliphatic hydroxyl groups is 2. The van der Waals surface area contributed by atoms with Crippen LogP contribution >= 0.6 is 0 Å². The second kappa shape index (κ2) is 4.82. The first-order valence-corrected chi connectivity index (χ1v) is 4.25. The van der Waals surface area contributed by atoms with Gasteiger partial charge in [-0.2, -0.15) is 5.26 Å². The maximum atomic E-state index is 13.1. The molecule has 0 spiro atoms. The van der Waals surface area contributed by atoms with Crippen molar-refractivity contribution in [1.82, 2.24) is 0 Å². The second-order valence-electron chi connectivity index (χ2n) is 3.01. The lowest BCUT2D eigenvalue weighted by atomic mass is 10.0. The number of halogens is 2. The highest BCUT2D eigenvalue weighted by atomic mass is 19.1. The maximum absolute atomic E-state index is 13.1. The minimum absolute atomic E-state index is 0.394. The van der Waals surface area contributed by atoms with Crippen molar-refractivity contribution in [2.24, 2.45) is 0 Å². The Balaban J connectivity index is 3.01. The molecule has 2 unspecified atom stereocenters. The van der Waals surface area contributed by atoms with Gasteiger partial charge in [-0.1, -0.05) is 6.07 Å². The predicted molar refractivity (Wildman–Crippen MR) is 47.6 cm³/mol. The quantitative estimate of drug-likeness (QED) is 0.794. The van der Waals surface area contributed by atoms with Crippen molar-refractivity contribution in [1.29, 1.82) is 5.26 Å². The molecule has 0 aliphatic heterocycles. The topological polar surface area (TPSA) is 64.2 Å². The normalized spacial score (nSPS) is 14.3. The van der Waals surface area contributed by atoms with Gasteiger partial charge in [-0.15, -0.1) is 0 Å². The van der Waals surface area contributed by atoms with E-state index < -0.39 is 35.8 Å². The Morgan fingerprint density at radius 2 is 1.80 bits per heavy atom. The predicted octanol–water partition coefficient (Wildman–Crippen LogP) is 1.27. The molecule has 15 heavy (non-hydrogen) atoms. The summed E-state index contributed by atoms with van der Waals surface area (Å²) in [5, 5.41) is 26.9. The number of benzene rings is 1. The van der Waals surface area contributed by atoms with E-state index in [9.17, 15) is 19.0 Å². The largest absolute Gasteiger partial charge is 0.389 e. The van der Waals surface area contributed by atoms with Crippen molar-refractivity contribution in [2.75, 3.05) is 0 Å². The molecule has 0 amide bonds. The third-order valence-corrected chi connectivity index (χ3v) is 1.96. The standard InChI is InChI=1S/C10H9F2NO2/c11-6-2-1-3-7(12)9(6)10(15)8(14)4-5-13/h1-3,8,10,14-15H,4H2. The van der Waals surface area contributed by atoms with E-state index in [0.29, 0.717) is 0 Å². The molecule has 1 aromatic carbocycles. The number of nitrogens with zero attached hydrogens (tertiary/aromatic N) is 1. The third kappa shape index (κ3) is 2.49. The van der Waals surface area contributed by atoms with Crippen LogP contribution in [-0.4, -0.2) is 16.3 Å². The summed E-state index contributed by atoms with van der Waals surface area (Å²) in [5.41, 5.74) is -0.611. The van der Waals surface area contributed by atoms with Crippen LogP contribution < -0.4 is 0 Å². The first-order chi connectivity index (χ1) is 7.07. The highest BCUT2D eigenvalue weighted by Gasteiger charge is 2.24. The number of nitriles is 1. The monoisotopic (exact) mass is 213 g/mol. The van der Waals surface area contributed by atoms with E-state index >= 15 is 0 Å². The van der Waals surface area contributed by atoms with Gasteiger partial charge >= 0.3 is 0 Å². The van der Waals surface area contributed by atoms with E-state index in [2.05, 4.69) is 0 Å². The summed E-state index contributed by atoms with van der Waals surface area (Å²) in [6, 6.07) is 4.70. The van der Waals surface area contributed by atoms with Crippen molar-refractivity contribution in [3.05, 3.63) is 35.4 Å². The third-order valence-electron chi connectivity index (χ3n) is 1.96. The fourth-order valence-electron chi connectivity index (χ4n) is 1.19. The summed E-state index contributed by atoms with van der Waals surface area (Å²) in [7, 11) is 0. The Morgan fingerprint density at radius 1 is 1.27 bits per heavy atom. The van der Waals surface area contributed by atoms with Crippen molar-refractivity contribution >= 4 is 0 Å². The Bertz CT molecular complexity index is 369. The van der Waals surface area contributed by atoms with Gasteiger partial charge in [0.25, 0.3) is 0 Å². The molecule has 0 aliphatic carbocycles. The van der Waals surface area contributed by atoms with E-state index in [1.54, 1.807) is 6.07 Å². The molecule has 0 saturated carbocycles. The smallest absolute Gasteiger partial charge is 0.132 e. The average Bonchev–Trinajstić information content (AvgIpc) is 2.17. The van der Waals surface area contributed by atoms with E-state index in [1.807, 2.05) is 0 Å². The molecule has 1 rings (SSSR count). The zero-order valence-electron chi connectivity index (χ0n) is 7.69. The summed E-state index contributed by atoms with van der Waals surface area (Å²) in [4.78, 5) is 0. The molecule has 0 fully saturated rings. The number of hydrogen-bond donors (Lipinski definition) is 2. The van der Waals surface area contributed by atoms with Crippen molar-refractivity contribution < 1.29 is 19.0 Å². The molecule has 5 heteroatoms. The maximum Gasteiger partial charge on any atom is 0.132 e. The van der Waals surface area contributed by atoms with Gasteiger partial charge in [0.05, 0.1) is 24.2 Å². The molecule has 0 radical (unpaired) electrons. The minimum atomic E-state index is -1.73. The summed E-state index contributed by atoms with van der Waals surface area (Å²) < 4.78 is 26.2. The molecular weight excluding hydrogens is 204 g/mol. The Hall–Kier alpha value is -1.51. The molecule has 3 nitrogen and oxygen atoms in total. The lowest BCUT2D eigenvalue weighted by molar-refractivity contribution is 0.0172. The van der Waals surface area contributed by atoms with Gasteiger partial charge in [-0.25, -0.2) is 8.78 Å². The average molecular weight is 213 g/mol. The molecule has 0 bridgehead atoms. The van der Waals surface area contributed by atoms with Gasteiger partial charge in [-0.05, 0) is 12.1 Å². The number of hydrogen-bond acceptors (Lipinski definition) is 3. The molecular formula is C10H9F2NO2. The van der Waals surface area contributed by atoms with Gasteiger partial charge in [0, 0.05) is 0 Å². The molecule has 0 saturated heterocycles. The highest BCUT2D eigenvalue weighted by molar-refractivity contribution is 5.23. The van der Waals surface area contributed by atoms with E-state index in [1.165, 1.54) is 0 Å². The van der Waals surface area contributed by atoms with E-state index in [-0.39, 0.29) is 0 Å². The van der Waals surface area contributed by atoms with Crippen LogP contribution in [0.2, 0.25) is 0 Å². The van der Waals surface area contributed by atoms with Crippen LogP contribution in [0.3, 0.4) is 0 Å². The summed E-state index contributed by atoms with van der Waals surface area (Å²) in [6.07, 6.45) is -3.62. The van der Waals surface area contributed by atoms with Crippen molar-refractivity contribution in [3.8, 4) is 6.07 Å². The molecule has 2 N–H and O–H groups in total. The van der Waals surface area contributed by atoms with Crippen molar-refractivity contribution in [2.45, 2.75) is 18.6 Å². The van der Waals surface area contributed by atoms with Gasteiger partial charge < -0.3 is 10.2 Å². The summed E-state index contributed by atoms with van der Waals surface area (Å²) in [5.74, 6) is -1.89. The SMILES string of the molecule is N#CCC(O)C(O)c1c(F)cccc1F. The Kier molecular flexibility index (Phi) is 3.72. The van der Waals surface area contributed by atoms with Gasteiger partial charge in [0.1, 0.15) is 17.7 Å². The molecule has 1 aromatic rings. The Labute approximate surface area is 85.2 Å². The lowest BCUT2D eigenvalue weighted by Crippen LogP contribution is -2.19. The van der Waals surface area contributed by atoms with Crippen LogP contribution in [0.1, 0.15) is 18.1 Å². The van der Waals surface area contributed by atoms with E-state index in [4.69, 9.17) is 5.26 Å². The van der Waals surface area contributed by atoms with E-state index in [0.717, 1.165) is 18.2 Å². The molecule has 0 aliphatic rings. The van der Waals surface area contributed by atoms with Crippen LogP contribution in [0.25, 0.3) is 0 Å². The molecule has 0 heterocycles. The van der Waals surface area contributed by atoms with Crippen molar-refractivity contribution in [3.63, 3.8) is 0 Å². The van der Waals surface area contributed by atoms with Crippen LogP contribution in [0.4, 0.5) is 8.78 Å². The van der Waals surface area contributed by atoms with Gasteiger partial charge in [0.2, 0.25) is 0 Å². The zero-order valence-corrected chi connectivity index (χ0v) is 7.69. The highest BCUT2D eigenvalue weighted by Crippen LogP contribution is 2.24. The van der Waals surface area contributed by atoms with Crippen LogP contribution in [0, 0.1) is 23.0 Å². The first-order valence-electron chi connectivity index (χ1n) is 4.25. The minimum Gasteiger partial charge on any atom is -0.389 e. The molecule has 80 valence electrons. The molecule has 0 aromatic heterocycles.